The van der Waals surface area contributed by atoms with Crippen molar-refractivity contribution in [3.8, 4) is 0 Å². The maximum atomic E-state index is 12.3. The summed E-state index contributed by atoms with van der Waals surface area (Å²) in [7, 11) is 0. The lowest BCUT2D eigenvalue weighted by Gasteiger charge is -2.10. The first-order valence-electron chi connectivity index (χ1n) is 7.10. The zero-order valence-electron chi connectivity index (χ0n) is 12.9. The van der Waals surface area contributed by atoms with Crippen LogP contribution in [0.15, 0.2) is 30.3 Å². The average molecular weight is 319 g/mol. The molecule has 6 heteroatoms. The molecular weight excluding hydrogens is 300 g/mol. The van der Waals surface area contributed by atoms with Crippen molar-refractivity contribution in [1.29, 1.82) is 0 Å². The van der Waals surface area contributed by atoms with E-state index in [-0.39, 0.29) is 5.91 Å². The van der Waals surface area contributed by atoms with Gasteiger partial charge in [-0.2, -0.15) is 0 Å². The fourth-order valence-corrected chi connectivity index (χ4v) is 2.03. The second-order valence-corrected chi connectivity index (χ2v) is 5.86. The first kappa shape index (κ1) is 16.2. The molecule has 1 heterocycles. The van der Waals surface area contributed by atoms with E-state index in [1.54, 1.807) is 37.3 Å². The van der Waals surface area contributed by atoms with Gasteiger partial charge in [-0.3, -0.25) is 4.79 Å². The van der Waals surface area contributed by atoms with Crippen LogP contribution in [0.1, 0.15) is 30.2 Å². The summed E-state index contributed by atoms with van der Waals surface area (Å²) in [6.45, 7) is 6.75. The molecule has 0 bridgehead atoms. The summed E-state index contributed by atoms with van der Waals surface area (Å²) in [4.78, 5) is 20.8. The number of carbonyl (C=O) groups is 1. The van der Waals surface area contributed by atoms with Crippen LogP contribution in [-0.4, -0.2) is 22.4 Å². The average Bonchev–Trinajstić information content (AvgIpc) is 2.44. The minimum absolute atomic E-state index is 0.291. The van der Waals surface area contributed by atoms with Crippen LogP contribution < -0.4 is 10.6 Å². The van der Waals surface area contributed by atoms with Crippen LogP contribution in [0.2, 0.25) is 5.02 Å². The van der Waals surface area contributed by atoms with E-state index in [0.717, 1.165) is 6.54 Å². The van der Waals surface area contributed by atoms with Crippen molar-refractivity contribution in [1.82, 2.24) is 9.97 Å². The minimum atomic E-state index is -0.291. The first-order valence-corrected chi connectivity index (χ1v) is 7.48. The number of hydrogen-bond donors (Lipinski definition) is 2. The van der Waals surface area contributed by atoms with Crippen LogP contribution in [0.25, 0.3) is 0 Å². The zero-order chi connectivity index (χ0) is 16.1. The Kier molecular flexibility index (Phi) is 5.33. The van der Waals surface area contributed by atoms with E-state index in [1.165, 1.54) is 0 Å². The molecule has 0 atom stereocenters. The molecule has 2 rings (SSSR count). The van der Waals surface area contributed by atoms with Crippen molar-refractivity contribution < 1.29 is 4.79 Å². The van der Waals surface area contributed by atoms with Gasteiger partial charge >= 0.3 is 0 Å². The number of nitrogens with one attached hydrogen (secondary N) is 2. The van der Waals surface area contributed by atoms with Gasteiger partial charge in [-0.1, -0.05) is 31.5 Å². The van der Waals surface area contributed by atoms with Gasteiger partial charge in [0.15, 0.2) is 0 Å². The predicted octanol–water partition coefficient (Wildman–Crippen LogP) is 3.76. The lowest BCUT2D eigenvalue weighted by molar-refractivity contribution is 0.102. The number of hydrogen-bond acceptors (Lipinski definition) is 4. The molecule has 0 unspecified atom stereocenters. The van der Waals surface area contributed by atoms with Gasteiger partial charge in [0.05, 0.1) is 0 Å². The smallest absolute Gasteiger partial charge is 0.274 e. The topological polar surface area (TPSA) is 66.9 Å². The van der Waals surface area contributed by atoms with Gasteiger partial charge in [0, 0.05) is 23.3 Å². The quantitative estimate of drug-likeness (QED) is 0.881. The second kappa shape index (κ2) is 7.22. The molecule has 5 nitrogen and oxygen atoms in total. The predicted molar refractivity (Wildman–Crippen MR) is 89.5 cm³/mol. The van der Waals surface area contributed by atoms with Crippen molar-refractivity contribution in [2.24, 2.45) is 5.92 Å². The molecule has 0 aliphatic rings. The Bertz CT molecular complexity index is 673. The summed E-state index contributed by atoms with van der Waals surface area (Å²) < 4.78 is 0. The zero-order valence-corrected chi connectivity index (χ0v) is 13.6. The molecule has 0 aliphatic heterocycles. The molecule has 0 radical (unpaired) electrons. The SMILES string of the molecule is Cc1nc(NCC(C)C)cc(C(=O)Nc2cccc(Cl)c2)n1. The Morgan fingerprint density at radius 1 is 1.27 bits per heavy atom. The Labute approximate surface area is 135 Å². The third-order valence-corrected chi connectivity index (χ3v) is 3.08. The minimum Gasteiger partial charge on any atom is -0.370 e. The maximum absolute atomic E-state index is 12.3. The number of carbonyl (C=O) groups excluding carboxylic acids is 1. The monoisotopic (exact) mass is 318 g/mol. The lowest BCUT2D eigenvalue weighted by Crippen LogP contribution is -2.16. The van der Waals surface area contributed by atoms with E-state index < -0.39 is 0 Å². The van der Waals surface area contributed by atoms with Gasteiger partial charge in [0.2, 0.25) is 0 Å². The first-order chi connectivity index (χ1) is 10.4. The molecule has 0 saturated carbocycles. The fourth-order valence-electron chi connectivity index (χ4n) is 1.84. The van der Waals surface area contributed by atoms with E-state index in [0.29, 0.717) is 34.0 Å². The Morgan fingerprint density at radius 3 is 2.73 bits per heavy atom. The van der Waals surface area contributed by atoms with Crippen molar-refractivity contribution in [3.63, 3.8) is 0 Å². The van der Waals surface area contributed by atoms with Gasteiger partial charge in [-0.15, -0.1) is 0 Å². The number of amides is 1. The summed E-state index contributed by atoms with van der Waals surface area (Å²) >= 11 is 5.91. The van der Waals surface area contributed by atoms with E-state index in [4.69, 9.17) is 11.6 Å². The number of anilines is 2. The van der Waals surface area contributed by atoms with Gasteiger partial charge in [-0.05, 0) is 31.0 Å². The highest BCUT2D eigenvalue weighted by atomic mass is 35.5. The lowest BCUT2D eigenvalue weighted by atomic mass is 10.2. The Balaban J connectivity index is 2.15. The van der Waals surface area contributed by atoms with E-state index in [2.05, 4.69) is 34.4 Å². The van der Waals surface area contributed by atoms with Gasteiger partial charge in [0.25, 0.3) is 5.91 Å². The van der Waals surface area contributed by atoms with Crippen molar-refractivity contribution in [3.05, 3.63) is 46.9 Å². The van der Waals surface area contributed by atoms with Crippen LogP contribution in [0, 0.1) is 12.8 Å². The highest BCUT2D eigenvalue weighted by Gasteiger charge is 2.11. The Hall–Kier alpha value is -2.14. The largest absolute Gasteiger partial charge is 0.370 e. The van der Waals surface area contributed by atoms with Gasteiger partial charge in [0.1, 0.15) is 17.3 Å². The summed E-state index contributed by atoms with van der Waals surface area (Å²) in [6, 6.07) is 8.63. The van der Waals surface area contributed by atoms with Gasteiger partial charge in [-0.25, -0.2) is 9.97 Å². The number of rotatable bonds is 5. The molecule has 0 spiro atoms. The second-order valence-electron chi connectivity index (χ2n) is 5.42. The fraction of sp³-hybridized carbons (Fsp3) is 0.312. The molecule has 0 fully saturated rings. The molecule has 116 valence electrons. The van der Waals surface area contributed by atoms with E-state index in [9.17, 15) is 4.79 Å². The van der Waals surface area contributed by atoms with E-state index >= 15 is 0 Å². The normalized spacial score (nSPS) is 10.6. The molecular formula is C16H19ClN4O. The summed E-state index contributed by atoms with van der Waals surface area (Å²) in [5, 5.41) is 6.54. The summed E-state index contributed by atoms with van der Waals surface area (Å²) in [5.41, 5.74) is 0.948. The number of benzene rings is 1. The highest BCUT2D eigenvalue weighted by molar-refractivity contribution is 6.30. The van der Waals surface area contributed by atoms with Crippen LogP contribution >= 0.6 is 11.6 Å². The molecule has 2 aromatic rings. The third kappa shape index (κ3) is 4.70. The van der Waals surface area contributed by atoms with Crippen molar-refractivity contribution in [2.75, 3.05) is 17.2 Å². The van der Waals surface area contributed by atoms with Crippen LogP contribution in [-0.2, 0) is 0 Å². The summed E-state index contributed by atoms with van der Waals surface area (Å²) in [5.74, 6) is 1.39. The molecule has 2 N–H and O–H groups in total. The standard InChI is InChI=1S/C16H19ClN4O/c1-10(2)9-18-15-8-14(19-11(3)20-15)16(22)21-13-6-4-5-12(17)7-13/h4-8,10H,9H2,1-3H3,(H,21,22)(H,18,19,20). The highest BCUT2D eigenvalue weighted by Crippen LogP contribution is 2.16. The maximum Gasteiger partial charge on any atom is 0.274 e. The molecule has 1 amide bonds. The van der Waals surface area contributed by atoms with Crippen molar-refractivity contribution >= 4 is 29.0 Å². The van der Waals surface area contributed by atoms with Crippen LogP contribution in [0.4, 0.5) is 11.5 Å². The number of aromatic nitrogens is 2. The molecule has 0 aliphatic carbocycles. The van der Waals surface area contributed by atoms with Crippen molar-refractivity contribution in [2.45, 2.75) is 20.8 Å². The van der Waals surface area contributed by atoms with Crippen LogP contribution in [0.3, 0.4) is 0 Å². The summed E-state index contributed by atoms with van der Waals surface area (Å²) in [6.07, 6.45) is 0. The van der Waals surface area contributed by atoms with Crippen LogP contribution in [0.5, 0.6) is 0 Å². The Morgan fingerprint density at radius 2 is 2.05 bits per heavy atom. The molecule has 1 aromatic heterocycles. The van der Waals surface area contributed by atoms with E-state index in [1.807, 2.05) is 0 Å². The molecule has 22 heavy (non-hydrogen) atoms. The number of aryl methyl sites for hydroxylation is 1. The molecule has 0 saturated heterocycles. The number of nitrogens with zero attached hydrogens (tertiary/aromatic N) is 2. The number of halogens is 1. The molecule has 1 aromatic carbocycles. The van der Waals surface area contributed by atoms with Gasteiger partial charge < -0.3 is 10.6 Å². The third-order valence-electron chi connectivity index (χ3n) is 2.84.